The molecule has 102 valence electrons. The third kappa shape index (κ3) is 2.26. The van der Waals surface area contributed by atoms with Crippen molar-refractivity contribution in [1.29, 1.82) is 0 Å². The van der Waals surface area contributed by atoms with E-state index in [4.69, 9.17) is 0 Å². The maximum absolute atomic E-state index is 11.9. The van der Waals surface area contributed by atoms with E-state index in [-0.39, 0.29) is 29.6 Å². The first kappa shape index (κ1) is 13.8. The van der Waals surface area contributed by atoms with Crippen molar-refractivity contribution < 1.29 is 15.0 Å². The minimum absolute atomic E-state index is 0.100. The summed E-state index contributed by atoms with van der Waals surface area (Å²) in [4.78, 5) is 11.9. The summed E-state index contributed by atoms with van der Waals surface area (Å²) in [6.07, 6.45) is 3.49. The molecule has 0 aromatic carbocycles. The molecule has 3 nitrogen and oxygen atoms in total. The highest BCUT2D eigenvalue weighted by atomic mass is 16.3. The fraction of sp³-hybridized carbons (Fsp3) is 0.800. The van der Waals surface area contributed by atoms with E-state index in [0.29, 0.717) is 5.92 Å². The van der Waals surface area contributed by atoms with Gasteiger partial charge < -0.3 is 10.2 Å². The maximum atomic E-state index is 11.9. The molecule has 0 saturated heterocycles. The number of rotatable bonds is 1. The minimum atomic E-state index is -1.04. The number of allylic oxidation sites excluding steroid dienone is 1. The second-order valence-electron chi connectivity index (χ2n) is 6.69. The van der Waals surface area contributed by atoms with Gasteiger partial charge >= 0.3 is 0 Å². The van der Waals surface area contributed by atoms with Crippen LogP contribution in [0.3, 0.4) is 0 Å². The Morgan fingerprint density at radius 1 is 1.44 bits per heavy atom. The van der Waals surface area contributed by atoms with E-state index < -0.39 is 6.10 Å². The summed E-state index contributed by atoms with van der Waals surface area (Å²) < 4.78 is 0. The monoisotopic (exact) mass is 252 g/mol. The van der Waals surface area contributed by atoms with Crippen molar-refractivity contribution in [1.82, 2.24) is 0 Å². The van der Waals surface area contributed by atoms with Crippen LogP contribution in [0.5, 0.6) is 0 Å². The molecule has 0 heterocycles. The van der Waals surface area contributed by atoms with Crippen LogP contribution < -0.4 is 0 Å². The quantitative estimate of drug-likeness (QED) is 0.749. The second kappa shape index (κ2) is 4.78. The van der Waals surface area contributed by atoms with Gasteiger partial charge in [-0.25, -0.2) is 0 Å². The van der Waals surface area contributed by atoms with E-state index in [1.165, 1.54) is 0 Å². The van der Waals surface area contributed by atoms with Gasteiger partial charge in [0.1, 0.15) is 6.10 Å². The van der Waals surface area contributed by atoms with E-state index in [1.807, 2.05) is 6.92 Å². The van der Waals surface area contributed by atoms with Gasteiger partial charge in [-0.15, -0.1) is 0 Å². The lowest BCUT2D eigenvalue weighted by molar-refractivity contribution is -0.136. The lowest BCUT2D eigenvalue weighted by atomic mass is 9.50. The second-order valence-corrected chi connectivity index (χ2v) is 6.69. The van der Waals surface area contributed by atoms with Gasteiger partial charge in [0.05, 0.1) is 0 Å². The summed E-state index contributed by atoms with van der Waals surface area (Å²) in [6.45, 7) is 6.34. The van der Waals surface area contributed by atoms with Crippen molar-refractivity contribution in [3.05, 3.63) is 11.6 Å². The highest BCUT2D eigenvalue weighted by Crippen LogP contribution is 2.56. The van der Waals surface area contributed by atoms with Gasteiger partial charge in [-0.05, 0) is 49.5 Å². The van der Waals surface area contributed by atoms with Gasteiger partial charge in [0.15, 0.2) is 5.78 Å². The molecule has 2 aliphatic carbocycles. The van der Waals surface area contributed by atoms with Crippen LogP contribution in [-0.4, -0.2) is 28.7 Å². The SMILES string of the molecule is C/C1=C/C(=O)[C@@H](O)[C@H](CO)[C@@H]2CC(C)(C)[C@H]2CC1. The Hall–Kier alpha value is -0.670. The molecule has 0 aromatic heterocycles. The average Bonchev–Trinajstić information content (AvgIpc) is 2.30. The summed E-state index contributed by atoms with van der Waals surface area (Å²) in [5.41, 5.74) is 1.31. The molecule has 0 amide bonds. The molecule has 18 heavy (non-hydrogen) atoms. The highest BCUT2D eigenvalue weighted by molar-refractivity contribution is 5.94. The molecule has 0 aromatic rings. The van der Waals surface area contributed by atoms with Gasteiger partial charge in [0, 0.05) is 12.5 Å². The third-order valence-electron chi connectivity index (χ3n) is 4.98. The first-order valence-electron chi connectivity index (χ1n) is 6.87. The normalized spacial score (nSPS) is 42.7. The maximum Gasteiger partial charge on any atom is 0.184 e. The van der Waals surface area contributed by atoms with Crippen molar-refractivity contribution >= 4 is 5.78 Å². The molecule has 2 aliphatic rings. The van der Waals surface area contributed by atoms with Gasteiger partial charge in [-0.2, -0.15) is 0 Å². The minimum Gasteiger partial charge on any atom is -0.396 e. The topological polar surface area (TPSA) is 57.5 Å². The van der Waals surface area contributed by atoms with Crippen LogP contribution in [0.15, 0.2) is 11.6 Å². The Labute approximate surface area is 109 Å². The predicted molar refractivity (Wildman–Crippen MR) is 70.0 cm³/mol. The lowest BCUT2D eigenvalue weighted by Crippen LogP contribution is -2.51. The predicted octanol–water partition coefficient (Wildman–Crippen LogP) is 1.93. The fourth-order valence-electron chi connectivity index (χ4n) is 3.84. The van der Waals surface area contributed by atoms with Crippen LogP contribution in [-0.2, 0) is 4.79 Å². The zero-order chi connectivity index (χ0) is 13.5. The molecule has 2 N–H and O–H groups in total. The first-order chi connectivity index (χ1) is 8.36. The van der Waals surface area contributed by atoms with E-state index in [0.717, 1.165) is 24.8 Å². The van der Waals surface area contributed by atoms with Crippen LogP contribution in [0.4, 0.5) is 0 Å². The number of hydrogen-bond acceptors (Lipinski definition) is 3. The number of fused-ring (bicyclic) bond motifs is 1. The summed E-state index contributed by atoms with van der Waals surface area (Å²) in [5.74, 6) is 0.247. The lowest BCUT2D eigenvalue weighted by Gasteiger charge is -2.55. The molecular formula is C15H24O3. The van der Waals surface area contributed by atoms with Crippen LogP contribution in [0, 0.1) is 23.2 Å². The van der Waals surface area contributed by atoms with Crippen LogP contribution >= 0.6 is 0 Å². The number of hydrogen-bond donors (Lipinski definition) is 2. The Balaban J connectivity index is 2.27. The zero-order valence-electron chi connectivity index (χ0n) is 11.5. The highest BCUT2D eigenvalue weighted by Gasteiger charge is 2.51. The fourth-order valence-corrected chi connectivity index (χ4v) is 3.84. The Kier molecular flexibility index (Phi) is 3.65. The van der Waals surface area contributed by atoms with Crippen molar-refractivity contribution in [3.63, 3.8) is 0 Å². The molecule has 0 spiro atoms. The summed E-state index contributed by atoms with van der Waals surface area (Å²) in [7, 11) is 0. The molecule has 1 saturated carbocycles. The molecule has 4 atom stereocenters. The molecule has 1 fully saturated rings. The van der Waals surface area contributed by atoms with E-state index >= 15 is 0 Å². The number of carbonyl (C=O) groups is 1. The number of carbonyl (C=O) groups excluding carboxylic acids is 1. The van der Waals surface area contributed by atoms with Gasteiger partial charge in [0.25, 0.3) is 0 Å². The van der Waals surface area contributed by atoms with Crippen LogP contribution in [0.2, 0.25) is 0 Å². The van der Waals surface area contributed by atoms with Gasteiger partial charge in [-0.3, -0.25) is 4.79 Å². The standard InChI is InChI=1S/C15H24O3/c1-9-4-5-12-10(7-15(12,2)3)11(8-16)14(18)13(17)6-9/h6,10-12,14,16,18H,4-5,7-8H2,1-3H3/b9-6-/t10-,11+,12-,14-/m0/s1. The largest absolute Gasteiger partial charge is 0.396 e. The molecular weight excluding hydrogens is 228 g/mol. The Bertz CT molecular complexity index is 370. The van der Waals surface area contributed by atoms with E-state index in [2.05, 4.69) is 13.8 Å². The molecule has 0 aliphatic heterocycles. The van der Waals surface area contributed by atoms with Crippen molar-refractivity contribution in [2.24, 2.45) is 23.2 Å². The third-order valence-corrected chi connectivity index (χ3v) is 4.98. The molecule has 2 rings (SSSR count). The van der Waals surface area contributed by atoms with Gasteiger partial charge in [0.2, 0.25) is 0 Å². The van der Waals surface area contributed by atoms with E-state index in [1.54, 1.807) is 6.08 Å². The zero-order valence-corrected chi connectivity index (χ0v) is 11.5. The first-order valence-corrected chi connectivity index (χ1v) is 6.87. The van der Waals surface area contributed by atoms with Crippen molar-refractivity contribution in [3.8, 4) is 0 Å². The van der Waals surface area contributed by atoms with Crippen LogP contribution in [0.25, 0.3) is 0 Å². The van der Waals surface area contributed by atoms with Crippen LogP contribution in [0.1, 0.15) is 40.0 Å². The number of ketones is 1. The average molecular weight is 252 g/mol. The molecule has 0 radical (unpaired) electrons. The number of aliphatic hydroxyl groups excluding tert-OH is 2. The number of aliphatic hydroxyl groups is 2. The van der Waals surface area contributed by atoms with Crippen molar-refractivity contribution in [2.45, 2.75) is 46.1 Å². The molecule has 0 bridgehead atoms. The van der Waals surface area contributed by atoms with Crippen molar-refractivity contribution in [2.75, 3.05) is 6.61 Å². The van der Waals surface area contributed by atoms with Gasteiger partial charge in [-0.1, -0.05) is 19.4 Å². The molecule has 0 unspecified atom stereocenters. The summed E-state index contributed by atoms with van der Waals surface area (Å²) in [5, 5.41) is 19.6. The smallest absolute Gasteiger partial charge is 0.184 e. The summed E-state index contributed by atoms with van der Waals surface area (Å²) in [6, 6.07) is 0. The molecule has 3 heteroatoms. The summed E-state index contributed by atoms with van der Waals surface area (Å²) >= 11 is 0. The van der Waals surface area contributed by atoms with E-state index in [9.17, 15) is 15.0 Å². The Morgan fingerprint density at radius 3 is 2.67 bits per heavy atom. The Morgan fingerprint density at radius 2 is 2.11 bits per heavy atom.